The molecule has 0 spiro atoms. The van der Waals surface area contributed by atoms with Gasteiger partial charge in [0.25, 0.3) is 0 Å². The fourth-order valence-electron chi connectivity index (χ4n) is 1.08. The molecule has 0 atom stereocenters. The number of nitrogens with zero attached hydrogens (tertiary/aromatic N) is 1. The highest BCUT2D eigenvalue weighted by Gasteiger charge is 2.11. The number of rotatable bonds is 0. The van der Waals surface area contributed by atoms with E-state index in [0.717, 1.165) is 14.1 Å². The molecule has 0 unspecified atom stereocenters. The lowest BCUT2D eigenvalue weighted by molar-refractivity contribution is 0.472. The lowest BCUT2D eigenvalue weighted by atomic mass is 10.2. The highest BCUT2D eigenvalue weighted by Crippen LogP contribution is 2.37. The first-order chi connectivity index (χ1) is 6.09. The normalized spacial score (nSPS) is 11.0. The van der Waals surface area contributed by atoms with Gasteiger partial charge < -0.3 is 5.11 Å². The lowest BCUT2D eigenvalue weighted by Gasteiger charge is -2.00. The number of phenolic OH excluding ortho intramolecular Hbond substituents is 1. The number of benzene rings is 1. The van der Waals surface area contributed by atoms with Crippen molar-refractivity contribution in [2.24, 2.45) is 0 Å². The summed E-state index contributed by atoms with van der Waals surface area (Å²) in [4.78, 5) is 4.21. The molecule has 0 radical (unpaired) electrons. The molecule has 1 heterocycles. The molecule has 0 amide bonds. The fourth-order valence-corrected chi connectivity index (χ4v) is 2.81. The van der Waals surface area contributed by atoms with Crippen LogP contribution in [-0.4, -0.2) is 10.1 Å². The molecule has 0 aliphatic heterocycles. The third kappa shape index (κ3) is 1.43. The molecule has 0 aliphatic rings. The standard InChI is InChI=1S/C8H5BrClNOS/c1-3-4(12)2-5-7(6(3)10)11-8(9)13-5/h2,12H,1H3. The highest BCUT2D eigenvalue weighted by molar-refractivity contribution is 9.11. The zero-order chi connectivity index (χ0) is 9.59. The summed E-state index contributed by atoms with van der Waals surface area (Å²) in [6, 6.07) is 1.68. The Morgan fingerprint density at radius 3 is 3.00 bits per heavy atom. The Balaban J connectivity index is 2.92. The predicted octanol–water partition coefficient (Wildman–Crippen LogP) is 3.73. The van der Waals surface area contributed by atoms with E-state index >= 15 is 0 Å². The van der Waals surface area contributed by atoms with E-state index in [1.54, 1.807) is 13.0 Å². The summed E-state index contributed by atoms with van der Waals surface area (Å²) in [7, 11) is 0. The zero-order valence-electron chi connectivity index (χ0n) is 6.64. The van der Waals surface area contributed by atoms with E-state index in [9.17, 15) is 5.11 Å². The molecular formula is C8H5BrClNOS. The Bertz CT molecular complexity index is 482. The number of fused-ring (bicyclic) bond motifs is 1. The number of halogens is 2. The third-order valence-corrected chi connectivity index (χ3v) is 3.73. The summed E-state index contributed by atoms with van der Waals surface area (Å²) >= 11 is 10.7. The van der Waals surface area contributed by atoms with Crippen molar-refractivity contribution in [3.8, 4) is 5.75 Å². The van der Waals surface area contributed by atoms with Crippen molar-refractivity contribution in [2.45, 2.75) is 6.92 Å². The van der Waals surface area contributed by atoms with Crippen LogP contribution in [0.15, 0.2) is 9.98 Å². The Morgan fingerprint density at radius 2 is 2.31 bits per heavy atom. The Kier molecular flexibility index (Phi) is 2.21. The molecular weight excluding hydrogens is 274 g/mol. The van der Waals surface area contributed by atoms with Gasteiger partial charge >= 0.3 is 0 Å². The zero-order valence-corrected chi connectivity index (χ0v) is 9.79. The van der Waals surface area contributed by atoms with Gasteiger partial charge in [0.2, 0.25) is 0 Å². The van der Waals surface area contributed by atoms with Gasteiger partial charge in [0.15, 0.2) is 3.92 Å². The lowest BCUT2D eigenvalue weighted by Crippen LogP contribution is -1.78. The average Bonchev–Trinajstić information content (AvgIpc) is 2.42. The minimum Gasteiger partial charge on any atom is -0.508 e. The molecule has 2 aromatic rings. The van der Waals surface area contributed by atoms with Gasteiger partial charge in [-0.1, -0.05) is 11.6 Å². The molecule has 0 fully saturated rings. The van der Waals surface area contributed by atoms with Crippen LogP contribution in [0.4, 0.5) is 0 Å². The second-order valence-electron chi connectivity index (χ2n) is 2.65. The Hall–Kier alpha value is -0.320. The summed E-state index contributed by atoms with van der Waals surface area (Å²) in [6.45, 7) is 1.77. The number of hydrogen-bond donors (Lipinski definition) is 1. The van der Waals surface area contributed by atoms with Crippen molar-refractivity contribution in [3.63, 3.8) is 0 Å². The molecule has 68 valence electrons. The molecule has 13 heavy (non-hydrogen) atoms. The maximum absolute atomic E-state index is 9.49. The van der Waals surface area contributed by atoms with Crippen molar-refractivity contribution >= 4 is 49.1 Å². The second-order valence-corrected chi connectivity index (χ2v) is 5.33. The molecule has 1 aromatic carbocycles. The first-order valence-corrected chi connectivity index (χ1v) is 5.52. The maximum atomic E-state index is 9.49. The molecule has 1 aromatic heterocycles. The van der Waals surface area contributed by atoms with E-state index in [0.29, 0.717) is 10.6 Å². The summed E-state index contributed by atoms with van der Waals surface area (Å²) in [5, 5.41) is 10.0. The smallest absolute Gasteiger partial charge is 0.160 e. The summed E-state index contributed by atoms with van der Waals surface area (Å²) < 4.78 is 1.66. The molecule has 0 saturated carbocycles. The second kappa shape index (κ2) is 3.12. The molecule has 0 bridgehead atoms. The topological polar surface area (TPSA) is 33.1 Å². The van der Waals surface area contributed by atoms with Crippen LogP contribution in [0, 0.1) is 6.92 Å². The SMILES string of the molecule is Cc1c(O)cc2sc(Br)nc2c1Cl. The van der Waals surface area contributed by atoms with Crippen LogP contribution in [0.2, 0.25) is 5.02 Å². The molecule has 0 aliphatic carbocycles. The monoisotopic (exact) mass is 277 g/mol. The number of hydrogen-bond acceptors (Lipinski definition) is 3. The van der Waals surface area contributed by atoms with Crippen molar-refractivity contribution in [2.75, 3.05) is 0 Å². The van der Waals surface area contributed by atoms with Crippen molar-refractivity contribution in [3.05, 3.63) is 20.6 Å². The van der Waals surface area contributed by atoms with E-state index in [-0.39, 0.29) is 5.75 Å². The minimum absolute atomic E-state index is 0.216. The van der Waals surface area contributed by atoms with Crippen molar-refractivity contribution < 1.29 is 5.11 Å². The number of aromatic nitrogens is 1. The molecule has 5 heteroatoms. The van der Waals surface area contributed by atoms with Crippen molar-refractivity contribution in [1.29, 1.82) is 0 Å². The number of thiazole rings is 1. The van der Waals surface area contributed by atoms with E-state index in [2.05, 4.69) is 20.9 Å². The summed E-state index contributed by atoms with van der Waals surface area (Å²) in [5.41, 5.74) is 1.42. The van der Waals surface area contributed by atoms with Gasteiger partial charge in [-0.3, -0.25) is 0 Å². The average molecular weight is 279 g/mol. The van der Waals surface area contributed by atoms with E-state index in [1.165, 1.54) is 11.3 Å². The summed E-state index contributed by atoms with van der Waals surface area (Å²) in [6.07, 6.45) is 0. The van der Waals surface area contributed by atoms with Gasteiger partial charge in [0.05, 0.1) is 9.72 Å². The van der Waals surface area contributed by atoms with Crippen LogP contribution in [0.3, 0.4) is 0 Å². The molecule has 1 N–H and O–H groups in total. The van der Waals surface area contributed by atoms with Gasteiger partial charge in [-0.2, -0.15) is 0 Å². The fraction of sp³-hybridized carbons (Fsp3) is 0.125. The van der Waals surface area contributed by atoms with Gasteiger partial charge in [0.1, 0.15) is 11.3 Å². The first-order valence-electron chi connectivity index (χ1n) is 3.53. The predicted molar refractivity (Wildman–Crippen MR) is 58.7 cm³/mol. The van der Waals surface area contributed by atoms with Gasteiger partial charge in [-0.25, -0.2) is 4.98 Å². The third-order valence-electron chi connectivity index (χ3n) is 1.82. The van der Waals surface area contributed by atoms with Crippen molar-refractivity contribution in [1.82, 2.24) is 4.98 Å². The van der Waals surface area contributed by atoms with E-state index in [4.69, 9.17) is 11.6 Å². The van der Waals surface area contributed by atoms with Gasteiger partial charge in [0, 0.05) is 5.56 Å². The number of phenols is 1. The van der Waals surface area contributed by atoms with Crippen LogP contribution in [0.5, 0.6) is 5.75 Å². The van der Waals surface area contributed by atoms with Crippen LogP contribution in [0.25, 0.3) is 10.2 Å². The van der Waals surface area contributed by atoms with Gasteiger partial charge in [-0.05, 0) is 28.9 Å². The van der Waals surface area contributed by atoms with Crippen LogP contribution in [0.1, 0.15) is 5.56 Å². The molecule has 0 saturated heterocycles. The minimum atomic E-state index is 0.216. The largest absolute Gasteiger partial charge is 0.508 e. The van der Waals surface area contributed by atoms with E-state index < -0.39 is 0 Å². The molecule has 2 nitrogen and oxygen atoms in total. The quantitative estimate of drug-likeness (QED) is 0.796. The summed E-state index contributed by atoms with van der Waals surface area (Å²) in [5.74, 6) is 0.216. The highest BCUT2D eigenvalue weighted by atomic mass is 79.9. The van der Waals surface area contributed by atoms with Gasteiger partial charge in [-0.15, -0.1) is 11.3 Å². The Labute approximate surface area is 92.3 Å². The number of aromatic hydroxyl groups is 1. The maximum Gasteiger partial charge on any atom is 0.160 e. The Morgan fingerprint density at radius 1 is 1.62 bits per heavy atom. The van der Waals surface area contributed by atoms with Crippen LogP contribution >= 0.6 is 38.9 Å². The first kappa shape index (κ1) is 9.24. The van der Waals surface area contributed by atoms with Crippen LogP contribution in [-0.2, 0) is 0 Å². The van der Waals surface area contributed by atoms with Crippen LogP contribution < -0.4 is 0 Å². The van der Waals surface area contributed by atoms with E-state index in [1.807, 2.05) is 0 Å². The molecule has 2 rings (SSSR count).